The number of carbonyl (C=O) groups excluding carboxylic acids is 2. The minimum atomic E-state index is -0.203. The van der Waals surface area contributed by atoms with Gasteiger partial charge in [0.1, 0.15) is 5.01 Å². The summed E-state index contributed by atoms with van der Waals surface area (Å²) in [6.07, 6.45) is 8.25. The zero-order valence-electron chi connectivity index (χ0n) is 19.7. The Labute approximate surface area is 212 Å². The highest BCUT2D eigenvalue weighted by Gasteiger charge is 2.34. The molecule has 0 radical (unpaired) electrons. The van der Waals surface area contributed by atoms with Crippen molar-refractivity contribution >= 4 is 56.2 Å². The Kier molecular flexibility index (Phi) is 4.70. The van der Waals surface area contributed by atoms with E-state index in [9.17, 15) is 9.59 Å². The first-order chi connectivity index (χ1) is 17.6. The van der Waals surface area contributed by atoms with Gasteiger partial charge in [-0.25, -0.2) is 4.98 Å². The van der Waals surface area contributed by atoms with E-state index in [2.05, 4.69) is 47.9 Å². The Morgan fingerprint density at radius 3 is 2.42 bits per heavy atom. The van der Waals surface area contributed by atoms with Crippen LogP contribution < -0.4 is 0 Å². The second kappa shape index (κ2) is 7.97. The summed E-state index contributed by atoms with van der Waals surface area (Å²) >= 11 is 1.67. The molecule has 2 aliphatic rings. The molecule has 0 bridgehead atoms. The summed E-state index contributed by atoms with van der Waals surface area (Å²) in [6.45, 7) is 2.76. The molecule has 0 amide bonds. The summed E-state index contributed by atoms with van der Waals surface area (Å²) in [7, 11) is 0. The maximum Gasteiger partial charge on any atom is 0.197 e. The van der Waals surface area contributed by atoms with Gasteiger partial charge in [0.2, 0.25) is 0 Å². The zero-order chi connectivity index (χ0) is 24.4. The number of fused-ring (bicyclic) bond motifs is 4. The minimum absolute atomic E-state index is 0.203. The highest BCUT2D eigenvalue weighted by Crippen LogP contribution is 2.38. The number of thiazole rings is 1. The molecular formula is C31H22N2O2S. The van der Waals surface area contributed by atoms with Crippen molar-refractivity contribution in [3.05, 3.63) is 100 Å². The van der Waals surface area contributed by atoms with Crippen molar-refractivity contribution in [1.29, 1.82) is 0 Å². The molecule has 3 aromatic carbocycles. The lowest BCUT2D eigenvalue weighted by Crippen LogP contribution is -2.03. The molecule has 0 fully saturated rings. The number of hydrogen-bond donors (Lipinski definition) is 0. The molecule has 5 aromatic rings. The van der Waals surface area contributed by atoms with E-state index in [1.54, 1.807) is 17.4 Å². The molecular weight excluding hydrogens is 464 g/mol. The van der Waals surface area contributed by atoms with Gasteiger partial charge in [0, 0.05) is 28.9 Å². The maximum atomic E-state index is 13.3. The van der Waals surface area contributed by atoms with Crippen LogP contribution in [0.4, 0.5) is 0 Å². The fourth-order valence-electron chi connectivity index (χ4n) is 5.48. The van der Waals surface area contributed by atoms with Crippen molar-refractivity contribution < 1.29 is 9.59 Å². The lowest BCUT2D eigenvalue weighted by molar-refractivity contribution is 0.0990. The molecule has 2 heterocycles. The Hall–Kier alpha value is -4.09. The third-order valence-corrected chi connectivity index (χ3v) is 8.28. The van der Waals surface area contributed by atoms with Gasteiger partial charge in [-0.3, -0.25) is 9.59 Å². The first kappa shape index (κ1) is 21.2. The molecule has 0 saturated carbocycles. The largest absolute Gasteiger partial charge is 0.325 e. The molecule has 0 aliphatic heterocycles. The first-order valence-electron chi connectivity index (χ1n) is 12.2. The average Bonchev–Trinajstić information content (AvgIpc) is 3.53. The van der Waals surface area contributed by atoms with Crippen LogP contribution in [-0.4, -0.2) is 21.1 Å². The zero-order valence-corrected chi connectivity index (χ0v) is 20.6. The van der Waals surface area contributed by atoms with E-state index in [0.717, 1.165) is 44.7 Å². The fourth-order valence-corrected chi connectivity index (χ4v) is 6.55. The van der Waals surface area contributed by atoms with Gasteiger partial charge >= 0.3 is 0 Å². The molecule has 2 aromatic heterocycles. The van der Waals surface area contributed by atoms with E-state index in [1.165, 1.54) is 16.7 Å². The average molecular weight is 487 g/mol. The number of aromatic nitrogens is 2. The minimum Gasteiger partial charge on any atom is -0.325 e. The van der Waals surface area contributed by atoms with Gasteiger partial charge < -0.3 is 4.57 Å². The summed E-state index contributed by atoms with van der Waals surface area (Å²) in [6, 6.07) is 20.0. The third-order valence-electron chi connectivity index (χ3n) is 7.25. The predicted octanol–water partition coefficient (Wildman–Crippen LogP) is 7.36. The Morgan fingerprint density at radius 1 is 0.944 bits per heavy atom. The number of hydrogen-bond acceptors (Lipinski definition) is 4. The van der Waals surface area contributed by atoms with Crippen LogP contribution in [0.2, 0.25) is 0 Å². The number of rotatable bonds is 3. The van der Waals surface area contributed by atoms with Gasteiger partial charge in [-0.05, 0) is 65.9 Å². The van der Waals surface area contributed by atoms with Gasteiger partial charge in [-0.1, -0.05) is 54.6 Å². The quantitative estimate of drug-likeness (QED) is 0.198. The number of allylic oxidation sites excluding steroid dienone is 2. The standard InChI is InChI=1S/C31H22N2O2S/c1-2-33-21(16-26-28(34)24-14-19-9-3-4-10-20(19)15-25(24)29(26)35)17-27-30(33)32-31(36-27)23-13-7-11-18-8-5-6-12-22(18)23/h3-5,7-11,13-17H,2,6,12H2,1H3. The fraction of sp³-hybridized carbons (Fsp3) is 0.129. The summed E-state index contributed by atoms with van der Waals surface area (Å²) in [5.41, 5.74) is 6.77. The van der Waals surface area contributed by atoms with Crippen LogP contribution in [0, 0.1) is 0 Å². The summed E-state index contributed by atoms with van der Waals surface area (Å²) < 4.78 is 3.15. The summed E-state index contributed by atoms with van der Waals surface area (Å²) in [5.74, 6) is -0.406. The Morgan fingerprint density at radius 2 is 1.69 bits per heavy atom. The molecule has 0 atom stereocenters. The van der Waals surface area contributed by atoms with Gasteiger partial charge in [-0.2, -0.15) is 0 Å². The Bertz CT molecular complexity index is 1760. The van der Waals surface area contributed by atoms with E-state index in [0.29, 0.717) is 17.7 Å². The number of carbonyl (C=O) groups is 2. The highest BCUT2D eigenvalue weighted by atomic mass is 32.1. The van der Waals surface area contributed by atoms with Crippen LogP contribution in [0.1, 0.15) is 50.9 Å². The highest BCUT2D eigenvalue weighted by molar-refractivity contribution is 7.21. The molecule has 36 heavy (non-hydrogen) atoms. The molecule has 5 heteroatoms. The normalized spacial score (nSPS) is 14.6. The summed E-state index contributed by atoms with van der Waals surface area (Å²) in [5, 5.41) is 2.94. The predicted molar refractivity (Wildman–Crippen MR) is 147 cm³/mol. The van der Waals surface area contributed by atoms with E-state index >= 15 is 0 Å². The molecule has 7 rings (SSSR count). The number of aryl methyl sites for hydroxylation is 1. The van der Waals surface area contributed by atoms with Crippen LogP contribution in [0.15, 0.2) is 72.3 Å². The first-order valence-corrected chi connectivity index (χ1v) is 13.1. The van der Waals surface area contributed by atoms with Crippen LogP contribution in [-0.2, 0) is 13.0 Å². The lowest BCUT2D eigenvalue weighted by atomic mass is 9.93. The van der Waals surface area contributed by atoms with E-state index in [1.807, 2.05) is 36.4 Å². The Balaban J connectivity index is 1.32. The van der Waals surface area contributed by atoms with Crippen LogP contribution in [0.25, 0.3) is 43.8 Å². The van der Waals surface area contributed by atoms with Crippen LogP contribution >= 0.6 is 11.3 Å². The number of benzene rings is 3. The van der Waals surface area contributed by atoms with Crippen LogP contribution in [0.3, 0.4) is 0 Å². The monoisotopic (exact) mass is 486 g/mol. The molecule has 0 saturated heterocycles. The molecule has 0 unspecified atom stereocenters. The molecule has 4 nitrogen and oxygen atoms in total. The van der Waals surface area contributed by atoms with Crippen molar-refractivity contribution in [2.24, 2.45) is 0 Å². The number of nitrogens with zero attached hydrogens (tertiary/aromatic N) is 2. The topological polar surface area (TPSA) is 52.0 Å². The third kappa shape index (κ3) is 3.09. The van der Waals surface area contributed by atoms with Gasteiger partial charge in [0.25, 0.3) is 0 Å². The van der Waals surface area contributed by atoms with Crippen molar-refractivity contribution in [3.8, 4) is 10.6 Å². The molecule has 174 valence electrons. The maximum absolute atomic E-state index is 13.3. The van der Waals surface area contributed by atoms with E-state index in [4.69, 9.17) is 4.98 Å². The van der Waals surface area contributed by atoms with Gasteiger partial charge in [0.05, 0.1) is 10.3 Å². The van der Waals surface area contributed by atoms with Gasteiger partial charge in [0.15, 0.2) is 17.2 Å². The number of Topliss-reactive ketones (excluding diaryl/α,β-unsaturated/α-hetero) is 2. The SMILES string of the molecule is CCn1c(C=C2C(=O)c3cc4ccccc4cc3C2=O)cc2sc(-c3cccc4c3CCC=C4)nc21. The lowest BCUT2D eigenvalue weighted by Gasteiger charge is -2.13. The van der Waals surface area contributed by atoms with Crippen molar-refractivity contribution in [2.45, 2.75) is 26.3 Å². The van der Waals surface area contributed by atoms with Crippen molar-refractivity contribution in [1.82, 2.24) is 9.55 Å². The number of ketones is 2. The van der Waals surface area contributed by atoms with Crippen LogP contribution in [0.5, 0.6) is 0 Å². The van der Waals surface area contributed by atoms with Gasteiger partial charge in [-0.15, -0.1) is 11.3 Å². The molecule has 2 aliphatic carbocycles. The van der Waals surface area contributed by atoms with E-state index < -0.39 is 0 Å². The molecule has 0 N–H and O–H groups in total. The smallest absolute Gasteiger partial charge is 0.197 e. The molecule has 0 spiro atoms. The second-order valence-corrected chi connectivity index (χ2v) is 10.3. The second-order valence-electron chi connectivity index (χ2n) is 9.30. The van der Waals surface area contributed by atoms with Crippen molar-refractivity contribution in [2.75, 3.05) is 0 Å². The van der Waals surface area contributed by atoms with Crippen molar-refractivity contribution in [3.63, 3.8) is 0 Å². The van der Waals surface area contributed by atoms with E-state index in [-0.39, 0.29) is 17.1 Å². The summed E-state index contributed by atoms with van der Waals surface area (Å²) in [4.78, 5) is 31.6.